The Morgan fingerprint density at radius 1 is 1.00 bits per heavy atom. The van der Waals surface area contributed by atoms with E-state index in [1.807, 2.05) is 30.3 Å². The third-order valence-electron chi connectivity index (χ3n) is 4.79. The normalized spacial score (nSPS) is 13.9. The van der Waals surface area contributed by atoms with E-state index in [2.05, 4.69) is 27.5 Å². The average Bonchev–Trinajstić information content (AvgIpc) is 2.73. The monoisotopic (exact) mass is 375 g/mol. The molecule has 28 heavy (non-hydrogen) atoms. The first-order chi connectivity index (χ1) is 13.7. The van der Waals surface area contributed by atoms with Crippen molar-refractivity contribution < 1.29 is 9.59 Å². The molecule has 0 saturated heterocycles. The molecule has 0 radical (unpaired) electrons. The minimum Gasteiger partial charge on any atom is -0.347 e. The first-order valence-corrected chi connectivity index (χ1v) is 9.79. The number of carbonyl (C=O) groups excluding carboxylic acids is 2. The molecule has 2 amide bonds. The molecular formula is C23H25N3O2. The summed E-state index contributed by atoms with van der Waals surface area (Å²) in [4.78, 5) is 28.3. The number of pyridine rings is 1. The van der Waals surface area contributed by atoms with Crippen molar-refractivity contribution in [2.45, 2.75) is 38.5 Å². The Bertz CT molecular complexity index is 862. The Hall–Kier alpha value is -3.13. The summed E-state index contributed by atoms with van der Waals surface area (Å²) < 4.78 is 0. The highest BCUT2D eigenvalue weighted by atomic mass is 16.2. The molecule has 1 aliphatic carbocycles. The van der Waals surface area contributed by atoms with Gasteiger partial charge in [-0.15, -0.1) is 0 Å². The number of amides is 2. The highest BCUT2D eigenvalue weighted by Crippen LogP contribution is 2.25. The minimum atomic E-state index is -0.244. The summed E-state index contributed by atoms with van der Waals surface area (Å²) in [5.74, 6) is 6.20. The molecule has 1 aromatic heterocycles. The van der Waals surface area contributed by atoms with Gasteiger partial charge in [0.25, 0.3) is 0 Å². The molecule has 1 aliphatic rings. The van der Waals surface area contributed by atoms with E-state index in [4.69, 9.17) is 0 Å². The zero-order valence-corrected chi connectivity index (χ0v) is 15.9. The Morgan fingerprint density at radius 3 is 2.64 bits per heavy atom. The van der Waals surface area contributed by atoms with Gasteiger partial charge in [0.2, 0.25) is 11.8 Å². The van der Waals surface area contributed by atoms with Crippen LogP contribution in [0, 0.1) is 17.8 Å². The molecule has 144 valence electrons. The molecule has 0 atom stereocenters. The van der Waals surface area contributed by atoms with Crippen molar-refractivity contribution in [3.63, 3.8) is 0 Å². The van der Waals surface area contributed by atoms with Crippen LogP contribution < -0.4 is 10.6 Å². The van der Waals surface area contributed by atoms with Crippen LogP contribution in [-0.2, 0) is 9.59 Å². The van der Waals surface area contributed by atoms with Crippen molar-refractivity contribution in [1.82, 2.24) is 10.3 Å². The van der Waals surface area contributed by atoms with E-state index in [9.17, 15) is 9.59 Å². The Balaban J connectivity index is 1.47. The zero-order chi connectivity index (χ0) is 19.6. The molecule has 1 saturated carbocycles. The van der Waals surface area contributed by atoms with E-state index in [0.29, 0.717) is 23.7 Å². The van der Waals surface area contributed by atoms with Crippen LogP contribution in [0.3, 0.4) is 0 Å². The Morgan fingerprint density at radius 2 is 1.86 bits per heavy atom. The van der Waals surface area contributed by atoms with Gasteiger partial charge in [0.15, 0.2) is 0 Å². The number of hydrogen-bond acceptors (Lipinski definition) is 3. The quantitative estimate of drug-likeness (QED) is 0.786. The fraction of sp³-hybridized carbons (Fsp3) is 0.348. The molecule has 5 heteroatoms. The van der Waals surface area contributed by atoms with Crippen molar-refractivity contribution in [2.24, 2.45) is 5.92 Å². The molecule has 5 nitrogen and oxygen atoms in total. The lowest BCUT2D eigenvalue weighted by molar-refractivity contribution is -0.125. The van der Waals surface area contributed by atoms with Crippen LogP contribution in [0.5, 0.6) is 0 Å². The Kier molecular flexibility index (Phi) is 7.20. The first-order valence-electron chi connectivity index (χ1n) is 9.79. The third-order valence-corrected chi connectivity index (χ3v) is 4.79. The molecule has 2 aromatic rings. The maximum atomic E-state index is 12.1. The van der Waals surface area contributed by atoms with Gasteiger partial charge in [0.05, 0.1) is 6.54 Å². The van der Waals surface area contributed by atoms with Crippen LogP contribution in [0.25, 0.3) is 0 Å². The largest absolute Gasteiger partial charge is 0.347 e. The van der Waals surface area contributed by atoms with Crippen molar-refractivity contribution >= 4 is 17.5 Å². The summed E-state index contributed by atoms with van der Waals surface area (Å²) in [5.41, 5.74) is 2.13. The highest BCUT2D eigenvalue weighted by molar-refractivity contribution is 5.94. The van der Waals surface area contributed by atoms with Crippen LogP contribution in [0.2, 0.25) is 0 Å². The van der Waals surface area contributed by atoms with Crippen LogP contribution in [0.4, 0.5) is 5.69 Å². The van der Waals surface area contributed by atoms with Gasteiger partial charge in [-0.05, 0) is 55.0 Å². The van der Waals surface area contributed by atoms with Crippen molar-refractivity contribution in [1.29, 1.82) is 0 Å². The Labute approximate surface area is 166 Å². The van der Waals surface area contributed by atoms with Crippen molar-refractivity contribution in [3.05, 3.63) is 59.9 Å². The third kappa shape index (κ3) is 6.55. The molecule has 1 aromatic carbocycles. The number of nitrogens with one attached hydrogen (secondary N) is 2. The minimum absolute atomic E-state index is 0.0185. The highest BCUT2D eigenvalue weighted by Gasteiger charge is 2.17. The summed E-state index contributed by atoms with van der Waals surface area (Å²) in [5, 5.41) is 5.53. The van der Waals surface area contributed by atoms with Gasteiger partial charge in [-0.3, -0.25) is 9.59 Å². The molecule has 0 spiro atoms. The maximum absolute atomic E-state index is 12.1. The summed E-state index contributed by atoms with van der Waals surface area (Å²) in [6.07, 6.45) is 8.13. The maximum Gasteiger partial charge on any atom is 0.243 e. The van der Waals surface area contributed by atoms with Crippen LogP contribution in [0.15, 0.2) is 48.7 Å². The molecular weight excluding hydrogens is 350 g/mol. The molecule has 1 fully saturated rings. The number of benzene rings is 1. The molecule has 2 N–H and O–H groups in total. The van der Waals surface area contributed by atoms with Gasteiger partial charge < -0.3 is 10.6 Å². The predicted molar refractivity (Wildman–Crippen MR) is 109 cm³/mol. The lowest BCUT2D eigenvalue weighted by Gasteiger charge is -2.20. The van der Waals surface area contributed by atoms with Gasteiger partial charge in [-0.2, -0.15) is 0 Å². The zero-order valence-electron chi connectivity index (χ0n) is 15.9. The molecule has 0 aliphatic heterocycles. The fourth-order valence-corrected chi connectivity index (χ4v) is 3.36. The smallest absolute Gasteiger partial charge is 0.243 e. The number of rotatable bonds is 5. The second kappa shape index (κ2) is 10.3. The lowest BCUT2D eigenvalue weighted by Crippen LogP contribution is -2.34. The predicted octanol–water partition coefficient (Wildman–Crippen LogP) is 3.51. The van der Waals surface area contributed by atoms with Crippen LogP contribution in [0.1, 0.15) is 49.8 Å². The second-order valence-electron chi connectivity index (χ2n) is 7.08. The van der Waals surface area contributed by atoms with Gasteiger partial charge in [-0.25, -0.2) is 4.98 Å². The average molecular weight is 375 g/mol. The molecule has 3 rings (SSSR count). The van der Waals surface area contributed by atoms with Crippen molar-refractivity contribution in [3.8, 4) is 11.8 Å². The van der Waals surface area contributed by atoms with E-state index < -0.39 is 0 Å². The number of hydrogen-bond donors (Lipinski definition) is 2. The number of aromatic nitrogens is 1. The van der Waals surface area contributed by atoms with E-state index in [-0.39, 0.29) is 18.4 Å². The van der Waals surface area contributed by atoms with Crippen molar-refractivity contribution in [2.75, 3.05) is 11.9 Å². The number of anilines is 1. The van der Waals surface area contributed by atoms with E-state index in [1.165, 1.54) is 19.3 Å². The molecule has 0 bridgehead atoms. The van der Waals surface area contributed by atoms with Crippen LogP contribution in [-0.4, -0.2) is 23.3 Å². The second-order valence-corrected chi connectivity index (χ2v) is 7.08. The standard InChI is InChI=1S/C23H25N3O2/c27-22(16-18-7-2-1-3-8-18)25-17-23(28)26-21-11-6-9-19(15-21)12-13-20-10-4-5-14-24-20/h4-6,9-11,14-15,18H,1-3,7-8,16-17H2,(H,25,27)(H,26,28). The number of nitrogens with zero attached hydrogens (tertiary/aromatic N) is 1. The summed E-state index contributed by atoms with van der Waals surface area (Å²) >= 11 is 0. The summed E-state index contributed by atoms with van der Waals surface area (Å²) in [7, 11) is 0. The topological polar surface area (TPSA) is 71.1 Å². The van der Waals surface area contributed by atoms with Gasteiger partial charge in [0.1, 0.15) is 5.69 Å². The van der Waals surface area contributed by atoms with E-state index >= 15 is 0 Å². The van der Waals surface area contributed by atoms with Gasteiger partial charge in [0, 0.05) is 23.9 Å². The molecule has 1 heterocycles. The lowest BCUT2D eigenvalue weighted by atomic mass is 9.87. The summed E-state index contributed by atoms with van der Waals surface area (Å²) in [6, 6.07) is 12.9. The molecule has 0 unspecified atom stereocenters. The van der Waals surface area contributed by atoms with E-state index in [1.54, 1.807) is 18.3 Å². The first kappa shape index (κ1) is 19.6. The van der Waals surface area contributed by atoms with Gasteiger partial charge in [-0.1, -0.05) is 37.3 Å². The number of carbonyl (C=O) groups is 2. The summed E-state index contributed by atoms with van der Waals surface area (Å²) in [6.45, 7) is -0.0185. The van der Waals surface area contributed by atoms with E-state index in [0.717, 1.165) is 18.4 Å². The van der Waals surface area contributed by atoms with Crippen LogP contribution >= 0.6 is 0 Å². The van der Waals surface area contributed by atoms with Gasteiger partial charge >= 0.3 is 0 Å². The fourth-order valence-electron chi connectivity index (χ4n) is 3.36. The SMILES string of the molecule is O=C(CC1CCCCC1)NCC(=O)Nc1cccc(C#Cc2ccccn2)c1.